The number of piperidine rings is 1. The zero-order chi connectivity index (χ0) is 20.6. The summed E-state index contributed by atoms with van der Waals surface area (Å²) in [6.45, 7) is 3.69. The van der Waals surface area contributed by atoms with Crippen molar-refractivity contribution in [1.29, 1.82) is 0 Å². The van der Waals surface area contributed by atoms with Gasteiger partial charge in [-0.2, -0.15) is 0 Å². The first-order chi connectivity index (χ1) is 14.0. The lowest BCUT2D eigenvalue weighted by molar-refractivity contribution is -0.128. The molecule has 1 aliphatic carbocycles. The van der Waals surface area contributed by atoms with Crippen LogP contribution < -0.4 is 16.0 Å². The molecule has 7 heteroatoms. The molecule has 0 bridgehead atoms. The van der Waals surface area contributed by atoms with E-state index in [1.807, 2.05) is 42.2 Å². The summed E-state index contributed by atoms with van der Waals surface area (Å²) in [6, 6.07) is 9.25. The van der Waals surface area contributed by atoms with E-state index in [-0.39, 0.29) is 23.8 Å². The quantitative estimate of drug-likeness (QED) is 0.683. The first-order valence-electron chi connectivity index (χ1n) is 10.7. The van der Waals surface area contributed by atoms with Gasteiger partial charge in [-0.1, -0.05) is 43.2 Å². The maximum Gasteiger partial charge on any atom is 0.321 e. The Labute approximate surface area is 172 Å². The number of benzene rings is 1. The molecule has 29 heavy (non-hydrogen) atoms. The van der Waals surface area contributed by atoms with Crippen LogP contribution in [0.5, 0.6) is 0 Å². The summed E-state index contributed by atoms with van der Waals surface area (Å²) in [5.41, 5.74) is 1.08. The van der Waals surface area contributed by atoms with Gasteiger partial charge in [0.05, 0.1) is 6.04 Å². The predicted octanol–water partition coefficient (Wildman–Crippen LogP) is 2.17. The van der Waals surface area contributed by atoms with Crippen molar-refractivity contribution in [3.8, 4) is 0 Å². The highest BCUT2D eigenvalue weighted by Crippen LogP contribution is 2.20. The molecule has 1 atom stereocenters. The average Bonchev–Trinajstić information content (AvgIpc) is 3.25. The molecule has 2 aliphatic rings. The maximum absolute atomic E-state index is 12.4. The molecule has 1 aliphatic heterocycles. The molecule has 4 amide bonds. The summed E-state index contributed by atoms with van der Waals surface area (Å²) in [4.78, 5) is 38.9. The Kier molecular flexibility index (Phi) is 7.63. The number of nitrogens with zero attached hydrogens (tertiary/aromatic N) is 1. The number of amides is 4. The molecule has 1 saturated carbocycles. The van der Waals surface area contributed by atoms with Gasteiger partial charge in [-0.25, -0.2) is 4.79 Å². The molecular formula is C22H32N4O3. The predicted molar refractivity (Wildman–Crippen MR) is 111 cm³/mol. The van der Waals surface area contributed by atoms with Gasteiger partial charge in [-0.3, -0.25) is 19.8 Å². The third kappa shape index (κ3) is 6.29. The van der Waals surface area contributed by atoms with Gasteiger partial charge < -0.3 is 10.6 Å². The van der Waals surface area contributed by atoms with Gasteiger partial charge in [0.1, 0.15) is 0 Å². The molecule has 3 rings (SSSR count). The Morgan fingerprint density at radius 2 is 1.69 bits per heavy atom. The summed E-state index contributed by atoms with van der Waals surface area (Å²) in [7, 11) is 0. The molecule has 2 fully saturated rings. The van der Waals surface area contributed by atoms with Crippen LogP contribution in [-0.4, -0.2) is 47.9 Å². The van der Waals surface area contributed by atoms with E-state index in [0.29, 0.717) is 32.5 Å². The molecule has 3 N–H and O–H groups in total. The van der Waals surface area contributed by atoms with E-state index in [0.717, 1.165) is 31.2 Å². The zero-order valence-corrected chi connectivity index (χ0v) is 17.2. The largest absolute Gasteiger partial charge is 0.352 e. The van der Waals surface area contributed by atoms with E-state index < -0.39 is 12.1 Å². The SMILES string of the molecule is CC(C(=O)NC(=O)NC1CCCC1)N1CCC(C(=O)NCc2ccccc2)CC1. The lowest BCUT2D eigenvalue weighted by Crippen LogP contribution is -2.53. The number of hydrogen-bond donors (Lipinski definition) is 3. The van der Waals surface area contributed by atoms with Gasteiger partial charge in [-0.15, -0.1) is 0 Å². The molecule has 158 valence electrons. The number of carbonyl (C=O) groups is 3. The Bertz CT molecular complexity index is 695. The number of carbonyl (C=O) groups excluding carboxylic acids is 3. The Hall–Kier alpha value is -2.41. The zero-order valence-electron chi connectivity index (χ0n) is 17.2. The standard InChI is InChI=1S/C22H32N4O3/c1-16(20(27)25-22(29)24-19-9-5-6-10-19)26-13-11-18(12-14-26)21(28)23-15-17-7-3-2-4-8-17/h2-4,7-8,16,18-19H,5-6,9-15H2,1H3,(H,23,28)(H2,24,25,27,29). The van der Waals surface area contributed by atoms with Gasteiger partial charge in [-0.05, 0) is 51.3 Å². The lowest BCUT2D eigenvalue weighted by atomic mass is 9.95. The van der Waals surface area contributed by atoms with Crippen LogP contribution in [0.25, 0.3) is 0 Å². The molecule has 1 unspecified atom stereocenters. The van der Waals surface area contributed by atoms with Crippen LogP contribution in [-0.2, 0) is 16.1 Å². The van der Waals surface area contributed by atoms with Gasteiger partial charge in [0.2, 0.25) is 11.8 Å². The van der Waals surface area contributed by atoms with Crippen molar-refractivity contribution in [2.24, 2.45) is 5.92 Å². The van der Waals surface area contributed by atoms with Crippen molar-refractivity contribution >= 4 is 17.8 Å². The maximum atomic E-state index is 12.4. The number of hydrogen-bond acceptors (Lipinski definition) is 4. The minimum absolute atomic E-state index is 0.0316. The molecule has 7 nitrogen and oxygen atoms in total. The second kappa shape index (κ2) is 10.4. The normalized spacial score (nSPS) is 19.5. The summed E-state index contributed by atoms with van der Waals surface area (Å²) < 4.78 is 0. The smallest absolute Gasteiger partial charge is 0.321 e. The third-order valence-electron chi connectivity index (χ3n) is 6.06. The van der Waals surface area contributed by atoms with E-state index in [4.69, 9.17) is 0 Å². The van der Waals surface area contributed by atoms with Gasteiger partial charge in [0, 0.05) is 18.5 Å². The van der Waals surface area contributed by atoms with Gasteiger partial charge in [0.15, 0.2) is 0 Å². The molecule has 0 spiro atoms. The summed E-state index contributed by atoms with van der Waals surface area (Å²) in [6.07, 6.45) is 5.65. The van der Waals surface area contributed by atoms with Crippen molar-refractivity contribution in [1.82, 2.24) is 20.9 Å². The minimum Gasteiger partial charge on any atom is -0.352 e. The topological polar surface area (TPSA) is 90.5 Å². The number of urea groups is 1. The number of likely N-dealkylation sites (tertiary alicyclic amines) is 1. The van der Waals surface area contributed by atoms with Crippen LogP contribution in [0.3, 0.4) is 0 Å². The van der Waals surface area contributed by atoms with E-state index in [9.17, 15) is 14.4 Å². The van der Waals surface area contributed by atoms with Crippen LogP contribution in [0.4, 0.5) is 4.79 Å². The molecule has 0 aromatic heterocycles. The second-order valence-corrected chi connectivity index (χ2v) is 8.13. The van der Waals surface area contributed by atoms with E-state index in [2.05, 4.69) is 16.0 Å². The highest BCUT2D eigenvalue weighted by Gasteiger charge is 2.30. The molecule has 1 aromatic carbocycles. The van der Waals surface area contributed by atoms with Crippen LogP contribution in [0, 0.1) is 5.92 Å². The Morgan fingerprint density at radius 1 is 1.03 bits per heavy atom. The molecule has 1 saturated heterocycles. The molecule has 0 radical (unpaired) electrons. The van der Waals surface area contributed by atoms with Crippen LogP contribution in [0.15, 0.2) is 30.3 Å². The van der Waals surface area contributed by atoms with Crippen molar-refractivity contribution in [2.45, 2.75) is 64.1 Å². The van der Waals surface area contributed by atoms with Crippen molar-refractivity contribution in [3.63, 3.8) is 0 Å². The highest BCUT2D eigenvalue weighted by atomic mass is 16.2. The lowest BCUT2D eigenvalue weighted by Gasteiger charge is -2.34. The number of nitrogens with one attached hydrogen (secondary N) is 3. The van der Waals surface area contributed by atoms with Crippen LogP contribution in [0.2, 0.25) is 0 Å². The average molecular weight is 401 g/mol. The second-order valence-electron chi connectivity index (χ2n) is 8.13. The van der Waals surface area contributed by atoms with Crippen molar-refractivity contribution in [2.75, 3.05) is 13.1 Å². The van der Waals surface area contributed by atoms with Gasteiger partial charge in [0.25, 0.3) is 0 Å². The Balaban J connectivity index is 1.37. The van der Waals surface area contributed by atoms with Crippen molar-refractivity contribution < 1.29 is 14.4 Å². The first-order valence-corrected chi connectivity index (χ1v) is 10.7. The Morgan fingerprint density at radius 3 is 2.34 bits per heavy atom. The number of rotatable bonds is 6. The van der Waals surface area contributed by atoms with E-state index in [1.54, 1.807) is 0 Å². The van der Waals surface area contributed by atoms with Crippen LogP contribution >= 0.6 is 0 Å². The van der Waals surface area contributed by atoms with Crippen molar-refractivity contribution in [3.05, 3.63) is 35.9 Å². The van der Waals surface area contributed by atoms with E-state index in [1.165, 1.54) is 0 Å². The summed E-state index contributed by atoms with van der Waals surface area (Å²) in [5.74, 6) is -0.245. The summed E-state index contributed by atoms with van der Waals surface area (Å²) in [5, 5.41) is 8.35. The fourth-order valence-electron chi connectivity index (χ4n) is 4.15. The number of imide groups is 1. The fraction of sp³-hybridized carbons (Fsp3) is 0.591. The molecular weight excluding hydrogens is 368 g/mol. The fourth-order valence-corrected chi connectivity index (χ4v) is 4.15. The molecule has 1 aromatic rings. The van der Waals surface area contributed by atoms with Gasteiger partial charge >= 0.3 is 6.03 Å². The molecule has 1 heterocycles. The third-order valence-corrected chi connectivity index (χ3v) is 6.06. The summed E-state index contributed by atoms with van der Waals surface area (Å²) >= 11 is 0. The minimum atomic E-state index is -0.399. The van der Waals surface area contributed by atoms with E-state index >= 15 is 0 Å². The van der Waals surface area contributed by atoms with Crippen LogP contribution in [0.1, 0.15) is 51.0 Å². The monoisotopic (exact) mass is 400 g/mol. The highest BCUT2D eigenvalue weighted by molar-refractivity contribution is 5.96. The first kappa shape index (κ1) is 21.3.